The lowest BCUT2D eigenvalue weighted by molar-refractivity contribution is 0.100. The van der Waals surface area contributed by atoms with E-state index in [1.165, 1.54) is 0 Å². The van der Waals surface area contributed by atoms with E-state index < -0.39 is 16.5 Å². The summed E-state index contributed by atoms with van der Waals surface area (Å²) in [7, 11) is 0. The predicted molar refractivity (Wildman–Crippen MR) is 47.1 cm³/mol. The number of carbonyl (C=O) groups excluding carboxylic acids is 1. The number of rotatable bonds is 0. The van der Waals surface area contributed by atoms with Gasteiger partial charge in [-0.1, -0.05) is 15.9 Å². The summed E-state index contributed by atoms with van der Waals surface area (Å²) in [5.74, 6) is -1.58. The molecule has 1 atom stereocenters. The molecule has 13 heavy (non-hydrogen) atoms. The van der Waals surface area contributed by atoms with Gasteiger partial charge in [0, 0.05) is 17.2 Å². The second kappa shape index (κ2) is 2.87. The average Bonchev–Trinajstić information content (AvgIpc) is 2.32. The molecule has 0 N–H and O–H groups in total. The van der Waals surface area contributed by atoms with Crippen LogP contribution in [-0.4, -0.2) is 10.6 Å². The molecule has 0 aliphatic heterocycles. The van der Waals surface area contributed by atoms with Gasteiger partial charge in [-0.25, -0.2) is 8.78 Å². The third-order valence-electron chi connectivity index (χ3n) is 2.09. The van der Waals surface area contributed by atoms with Gasteiger partial charge >= 0.3 is 0 Å². The van der Waals surface area contributed by atoms with Crippen molar-refractivity contribution >= 4 is 21.7 Å². The fraction of sp³-hybridized carbons (Fsp3) is 0.222. The van der Waals surface area contributed by atoms with Gasteiger partial charge in [-0.2, -0.15) is 0 Å². The third-order valence-corrected chi connectivity index (χ3v) is 2.83. The fourth-order valence-corrected chi connectivity index (χ4v) is 2.04. The molecule has 0 heterocycles. The number of Topliss-reactive ketones (excluding diaryl/α,β-unsaturated/α-hetero) is 1. The molecule has 0 unspecified atom stereocenters. The van der Waals surface area contributed by atoms with E-state index in [4.69, 9.17) is 0 Å². The first-order valence-corrected chi connectivity index (χ1v) is 4.67. The number of alkyl halides is 1. The molecule has 0 fully saturated rings. The van der Waals surface area contributed by atoms with Crippen LogP contribution in [0, 0.1) is 11.6 Å². The van der Waals surface area contributed by atoms with Crippen molar-refractivity contribution in [1.82, 2.24) is 0 Å². The van der Waals surface area contributed by atoms with Crippen molar-refractivity contribution < 1.29 is 13.6 Å². The van der Waals surface area contributed by atoms with Crippen molar-refractivity contribution in [1.29, 1.82) is 0 Å². The maximum atomic E-state index is 13.1. The Bertz CT molecular complexity index is 389. The van der Waals surface area contributed by atoms with Gasteiger partial charge in [0.15, 0.2) is 5.78 Å². The number of halogens is 3. The summed E-state index contributed by atoms with van der Waals surface area (Å²) in [5.41, 5.74) is 0.479. The highest BCUT2D eigenvalue weighted by Crippen LogP contribution is 2.29. The van der Waals surface area contributed by atoms with E-state index >= 15 is 0 Å². The molecule has 0 aromatic heterocycles. The average molecular weight is 247 g/mol. The summed E-state index contributed by atoms with van der Waals surface area (Å²) in [6.07, 6.45) is 0.306. The molecule has 1 aromatic carbocycles. The summed E-state index contributed by atoms with van der Waals surface area (Å²) in [6, 6.07) is 1.89. The monoisotopic (exact) mass is 246 g/mol. The molecule has 0 saturated carbocycles. The highest BCUT2D eigenvalue weighted by Gasteiger charge is 2.31. The molecule has 0 amide bonds. The molecule has 0 spiro atoms. The lowest BCUT2D eigenvalue weighted by atomic mass is 10.1. The Kier molecular flexibility index (Phi) is 1.95. The van der Waals surface area contributed by atoms with Crippen LogP contribution < -0.4 is 0 Å². The van der Waals surface area contributed by atoms with Crippen LogP contribution in [0.4, 0.5) is 8.78 Å². The van der Waals surface area contributed by atoms with Crippen LogP contribution in [0.5, 0.6) is 0 Å². The van der Waals surface area contributed by atoms with Crippen LogP contribution in [0.2, 0.25) is 0 Å². The lowest BCUT2D eigenvalue weighted by Gasteiger charge is -1.98. The summed E-state index contributed by atoms with van der Waals surface area (Å²) in [5, 5.41) is 0. The van der Waals surface area contributed by atoms with E-state index in [0.29, 0.717) is 12.0 Å². The quantitative estimate of drug-likeness (QED) is 0.643. The van der Waals surface area contributed by atoms with Crippen molar-refractivity contribution in [3.8, 4) is 0 Å². The van der Waals surface area contributed by atoms with Crippen molar-refractivity contribution in [2.24, 2.45) is 0 Å². The zero-order valence-electron chi connectivity index (χ0n) is 6.48. The minimum Gasteiger partial charge on any atom is -0.293 e. The van der Waals surface area contributed by atoms with Gasteiger partial charge in [-0.3, -0.25) is 4.79 Å². The number of fused-ring (bicyclic) bond motifs is 1. The number of hydrogen-bond acceptors (Lipinski definition) is 1. The molecule has 0 bridgehead atoms. The van der Waals surface area contributed by atoms with Gasteiger partial charge in [0.1, 0.15) is 11.6 Å². The first-order valence-electron chi connectivity index (χ1n) is 3.76. The largest absolute Gasteiger partial charge is 0.293 e. The number of hydrogen-bond donors (Lipinski definition) is 0. The molecule has 1 nitrogen and oxygen atoms in total. The highest BCUT2D eigenvalue weighted by atomic mass is 79.9. The summed E-state index contributed by atoms with van der Waals surface area (Å²) >= 11 is 3.10. The molecule has 0 radical (unpaired) electrons. The Hall–Kier alpha value is -0.770. The maximum Gasteiger partial charge on any atom is 0.177 e. The van der Waals surface area contributed by atoms with Crippen LogP contribution in [0.25, 0.3) is 0 Å². The number of benzene rings is 1. The van der Waals surface area contributed by atoms with Gasteiger partial charge in [0.25, 0.3) is 0 Å². The van der Waals surface area contributed by atoms with Gasteiger partial charge in [0.05, 0.1) is 4.83 Å². The molecule has 2 rings (SSSR count). The normalized spacial score (nSPS) is 20.5. The van der Waals surface area contributed by atoms with E-state index in [-0.39, 0.29) is 11.3 Å². The molecule has 1 aromatic rings. The standard InChI is InChI=1S/C9H5BrF2O/c10-7-3-5-6(9(7)13)1-4(11)2-8(5)12/h1-2,7H,3H2/t7-/m0/s1. The Labute approximate surface area is 81.9 Å². The van der Waals surface area contributed by atoms with E-state index in [1.807, 2.05) is 0 Å². The van der Waals surface area contributed by atoms with E-state index in [9.17, 15) is 13.6 Å². The van der Waals surface area contributed by atoms with E-state index in [0.717, 1.165) is 12.1 Å². The zero-order valence-corrected chi connectivity index (χ0v) is 8.07. The van der Waals surface area contributed by atoms with E-state index in [1.54, 1.807) is 0 Å². The van der Waals surface area contributed by atoms with Crippen molar-refractivity contribution in [2.75, 3.05) is 0 Å². The third kappa shape index (κ3) is 1.29. The van der Waals surface area contributed by atoms with Crippen LogP contribution in [0.15, 0.2) is 12.1 Å². The van der Waals surface area contributed by atoms with Crippen molar-refractivity contribution in [3.05, 3.63) is 34.9 Å². The molecule has 1 aliphatic rings. The Morgan fingerprint density at radius 1 is 1.38 bits per heavy atom. The molecule has 0 saturated heterocycles. The van der Waals surface area contributed by atoms with Gasteiger partial charge in [-0.15, -0.1) is 0 Å². The van der Waals surface area contributed by atoms with Crippen LogP contribution in [0.3, 0.4) is 0 Å². The maximum absolute atomic E-state index is 13.1. The number of ketones is 1. The van der Waals surface area contributed by atoms with Gasteiger partial charge in [-0.05, 0) is 12.5 Å². The highest BCUT2D eigenvalue weighted by molar-refractivity contribution is 9.10. The fourth-order valence-electron chi connectivity index (χ4n) is 1.47. The van der Waals surface area contributed by atoms with Gasteiger partial charge in [0.2, 0.25) is 0 Å². The minimum atomic E-state index is -0.703. The molecule has 1 aliphatic carbocycles. The van der Waals surface area contributed by atoms with Crippen molar-refractivity contribution in [3.63, 3.8) is 0 Å². The molecule has 68 valence electrons. The Balaban J connectivity index is 2.64. The van der Waals surface area contributed by atoms with Crippen LogP contribution in [0.1, 0.15) is 15.9 Å². The smallest absolute Gasteiger partial charge is 0.177 e. The first kappa shape index (κ1) is 8.81. The summed E-state index contributed by atoms with van der Waals surface area (Å²) in [4.78, 5) is 10.9. The summed E-state index contributed by atoms with van der Waals surface area (Å²) in [6.45, 7) is 0. The van der Waals surface area contributed by atoms with E-state index in [2.05, 4.69) is 15.9 Å². The predicted octanol–water partition coefficient (Wildman–Crippen LogP) is 2.47. The van der Waals surface area contributed by atoms with Crippen LogP contribution >= 0.6 is 15.9 Å². The first-order chi connectivity index (χ1) is 6.09. The Morgan fingerprint density at radius 2 is 2.08 bits per heavy atom. The van der Waals surface area contributed by atoms with Gasteiger partial charge < -0.3 is 0 Å². The molecule has 4 heteroatoms. The molecular weight excluding hydrogens is 242 g/mol. The SMILES string of the molecule is O=C1c2cc(F)cc(F)c2C[C@@H]1Br. The zero-order chi connectivity index (χ0) is 9.59. The molecular formula is C9H5BrF2O. The second-order valence-corrected chi connectivity index (χ2v) is 4.05. The lowest BCUT2D eigenvalue weighted by Crippen LogP contribution is -2.06. The van der Waals surface area contributed by atoms with Crippen molar-refractivity contribution in [2.45, 2.75) is 11.2 Å². The van der Waals surface area contributed by atoms with Crippen LogP contribution in [-0.2, 0) is 6.42 Å². The Morgan fingerprint density at radius 3 is 2.77 bits per heavy atom. The minimum absolute atomic E-state index is 0.166. The topological polar surface area (TPSA) is 17.1 Å². The number of carbonyl (C=O) groups is 1. The summed E-state index contributed by atoms with van der Waals surface area (Å²) < 4.78 is 25.8. The second-order valence-electron chi connectivity index (χ2n) is 2.95.